The van der Waals surface area contributed by atoms with Gasteiger partial charge in [-0.2, -0.15) is 0 Å². The van der Waals surface area contributed by atoms with E-state index in [1.54, 1.807) is 0 Å². The average Bonchev–Trinajstić information content (AvgIpc) is 2.65. The molecule has 0 aromatic rings. The highest BCUT2D eigenvalue weighted by atomic mass is 14.7. The Morgan fingerprint density at radius 2 is 1.67 bits per heavy atom. The summed E-state index contributed by atoms with van der Waals surface area (Å²) in [5, 5.41) is 0. The van der Waals surface area contributed by atoms with Crippen LogP contribution in [0.3, 0.4) is 0 Å². The predicted molar refractivity (Wildman–Crippen MR) is 51.9 cm³/mol. The van der Waals surface area contributed by atoms with Gasteiger partial charge < -0.3 is 5.73 Å². The van der Waals surface area contributed by atoms with E-state index in [0.29, 0.717) is 6.04 Å². The minimum absolute atomic E-state index is 0.547. The van der Waals surface area contributed by atoms with E-state index < -0.39 is 0 Å². The Balaban J connectivity index is 1.77. The van der Waals surface area contributed by atoms with Gasteiger partial charge >= 0.3 is 0 Å². The molecule has 1 heteroatoms. The van der Waals surface area contributed by atoms with Gasteiger partial charge in [-0.15, -0.1) is 0 Å². The molecule has 12 heavy (non-hydrogen) atoms. The lowest BCUT2D eigenvalue weighted by Crippen LogP contribution is -2.25. The summed E-state index contributed by atoms with van der Waals surface area (Å²) in [5.41, 5.74) is 6.06. The highest BCUT2D eigenvalue weighted by molar-refractivity contribution is 4.83. The third kappa shape index (κ3) is 1.82. The van der Waals surface area contributed by atoms with Crippen molar-refractivity contribution in [2.75, 3.05) is 0 Å². The quantitative estimate of drug-likeness (QED) is 0.672. The van der Waals surface area contributed by atoms with Gasteiger partial charge in [0, 0.05) is 6.04 Å². The summed E-state index contributed by atoms with van der Waals surface area (Å²) in [4.78, 5) is 0. The second-order valence-electron chi connectivity index (χ2n) is 4.74. The topological polar surface area (TPSA) is 26.0 Å². The van der Waals surface area contributed by atoms with Crippen molar-refractivity contribution in [1.29, 1.82) is 0 Å². The van der Waals surface area contributed by atoms with E-state index in [0.717, 1.165) is 11.8 Å². The van der Waals surface area contributed by atoms with Crippen LogP contribution in [0.15, 0.2) is 0 Å². The summed E-state index contributed by atoms with van der Waals surface area (Å²) in [6, 6.07) is 0.547. The summed E-state index contributed by atoms with van der Waals surface area (Å²) >= 11 is 0. The molecule has 0 radical (unpaired) electrons. The van der Waals surface area contributed by atoms with Crippen molar-refractivity contribution in [3.63, 3.8) is 0 Å². The van der Waals surface area contributed by atoms with Crippen LogP contribution in [0.25, 0.3) is 0 Å². The van der Waals surface area contributed by atoms with Crippen molar-refractivity contribution >= 4 is 0 Å². The van der Waals surface area contributed by atoms with Crippen molar-refractivity contribution in [3.8, 4) is 0 Å². The molecule has 70 valence electrons. The van der Waals surface area contributed by atoms with Crippen molar-refractivity contribution in [2.45, 2.75) is 57.4 Å². The van der Waals surface area contributed by atoms with E-state index in [-0.39, 0.29) is 0 Å². The fourth-order valence-corrected chi connectivity index (χ4v) is 3.03. The Hall–Kier alpha value is -0.0400. The van der Waals surface area contributed by atoms with Crippen LogP contribution in [0.5, 0.6) is 0 Å². The molecule has 2 fully saturated rings. The molecule has 2 rings (SSSR count). The van der Waals surface area contributed by atoms with Gasteiger partial charge in [0.2, 0.25) is 0 Å². The minimum atomic E-state index is 0.547. The van der Waals surface area contributed by atoms with Gasteiger partial charge in [-0.05, 0) is 31.1 Å². The van der Waals surface area contributed by atoms with Crippen LogP contribution in [0.1, 0.15) is 51.4 Å². The summed E-state index contributed by atoms with van der Waals surface area (Å²) in [7, 11) is 0. The van der Waals surface area contributed by atoms with Gasteiger partial charge in [-0.25, -0.2) is 0 Å². The SMILES string of the molecule is N[C@H]1CCC[C@H]1CC1CCCC1. The third-order valence-electron chi connectivity index (χ3n) is 3.83. The zero-order valence-electron chi connectivity index (χ0n) is 7.97. The average molecular weight is 167 g/mol. The summed E-state index contributed by atoms with van der Waals surface area (Å²) in [6.07, 6.45) is 11.5. The normalized spacial score (nSPS) is 37.8. The van der Waals surface area contributed by atoms with Crippen molar-refractivity contribution in [2.24, 2.45) is 17.6 Å². The Morgan fingerprint density at radius 3 is 2.25 bits per heavy atom. The van der Waals surface area contributed by atoms with E-state index in [2.05, 4.69) is 0 Å². The number of hydrogen-bond acceptors (Lipinski definition) is 1. The highest BCUT2D eigenvalue weighted by Crippen LogP contribution is 2.36. The molecule has 2 aliphatic rings. The molecule has 0 aromatic heterocycles. The fraction of sp³-hybridized carbons (Fsp3) is 1.00. The van der Waals surface area contributed by atoms with Crippen LogP contribution in [0.4, 0.5) is 0 Å². The molecule has 0 unspecified atom stereocenters. The van der Waals surface area contributed by atoms with Crippen molar-refractivity contribution in [3.05, 3.63) is 0 Å². The van der Waals surface area contributed by atoms with Gasteiger partial charge in [0.15, 0.2) is 0 Å². The number of nitrogens with two attached hydrogens (primary N) is 1. The molecule has 2 atom stereocenters. The Labute approximate surface area is 75.7 Å². The van der Waals surface area contributed by atoms with Crippen LogP contribution < -0.4 is 5.73 Å². The molecule has 2 aliphatic carbocycles. The van der Waals surface area contributed by atoms with E-state index in [4.69, 9.17) is 5.73 Å². The lowest BCUT2D eigenvalue weighted by Gasteiger charge is -2.19. The molecule has 2 N–H and O–H groups in total. The zero-order valence-corrected chi connectivity index (χ0v) is 7.97. The van der Waals surface area contributed by atoms with Gasteiger partial charge in [0.25, 0.3) is 0 Å². The van der Waals surface area contributed by atoms with Crippen LogP contribution in [-0.2, 0) is 0 Å². The van der Waals surface area contributed by atoms with Crippen LogP contribution in [0, 0.1) is 11.8 Å². The molecule has 0 saturated heterocycles. The standard InChI is InChI=1S/C11H21N/c12-11-7-3-6-10(11)8-9-4-1-2-5-9/h9-11H,1-8,12H2/t10-,11-/m0/s1. The summed E-state index contributed by atoms with van der Waals surface area (Å²) in [5.74, 6) is 1.92. The van der Waals surface area contributed by atoms with Gasteiger partial charge in [0.1, 0.15) is 0 Å². The van der Waals surface area contributed by atoms with Crippen molar-refractivity contribution < 1.29 is 0 Å². The first kappa shape index (κ1) is 8.55. The maximum Gasteiger partial charge on any atom is 0.00672 e. The Morgan fingerprint density at radius 1 is 0.917 bits per heavy atom. The molecule has 0 heterocycles. The molecule has 0 spiro atoms. The molecule has 1 nitrogen and oxygen atoms in total. The summed E-state index contributed by atoms with van der Waals surface area (Å²) < 4.78 is 0. The van der Waals surface area contributed by atoms with E-state index in [1.165, 1.54) is 51.4 Å². The molecule has 2 saturated carbocycles. The Kier molecular flexibility index (Phi) is 2.69. The van der Waals surface area contributed by atoms with E-state index in [1.807, 2.05) is 0 Å². The van der Waals surface area contributed by atoms with E-state index >= 15 is 0 Å². The maximum absolute atomic E-state index is 6.06. The van der Waals surface area contributed by atoms with Crippen LogP contribution in [-0.4, -0.2) is 6.04 Å². The first-order valence-electron chi connectivity index (χ1n) is 5.62. The summed E-state index contributed by atoms with van der Waals surface area (Å²) in [6.45, 7) is 0. The second-order valence-corrected chi connectivity index (χ2v) is 4.74. The van der Waals surface area contributed by atoms with Crippen LogP contribution in [0.2, 0.25) is 0 Å². The smallest absolute Gasteiger partial charge is 0.00672 e. The highest BCUT2D eigenvalue weighted by Gasteiger charge is 2.27. The largest absolute Gasteiger partial charge is 0.327 e. The molecular formula is C11H21N. The molecule has 0 amide bonds. The van der Waals surface area contributed by atoms with Crippen LogP contribution >= 0.6 is 0 Å². The lowest BCUT2D eigenvalue weighted by atomic mass is 9.90. The minimum Gasteiger partial charge on any atom is -0.327 e. The molecular weight excluding hydrogens is 146 g/mol. The second kappa shape index (κ2) is 3.78. The van der Waals surface area contributed by atoms with Gasteiger partial charge in [-0.3, -0.25) is 0 Å². The predicted octanol–water partition coefficient (Wildman–Crippen LogP) is 2.69. The first-order chi connectivity index (χ1) is 5.86. The first-order valence-corrected chi connectivity index (χ1v) is 5.62. The molecule has 0 bridgehead atoms. The molecule has 0 aromatic carbocycles. The third-order valence-corrected chi connectivity index (χ3v) is 3.83. The zero-order chi connectivity index (χ0) is 8.39. The van der Waals surface area contributed by atoms with E-state index in [9.17, 15) is 0 Å². The maximum atomic E-state index is 6.06. The number of hydrogen-bond donors (Lipinski definition) is 1. The molecule has 0 aliphatic heterocycles. The lowest BCUT2D eigenvalue weighted by molar-refractivity contribution is 0.354. The Bertz CT molecular complexity index is 138. The fourth-order valence-electron chi connectivity index (χ4n) is 3.03. The van der Waals surface area contributed by atoms with Crippen molar-refractivity contribution in [1.82, 2.24) is 0 Å². The van der Waals surface area contributed by atoms with Gasteiger partial charge in [-0.1, -0.05) is 32.1 Å². The van der Waals surface area contributed by atoms with Gasteiger partial charge in [0.05, 0.1) is 0 Å². The monoisotopic (exact) mass is 167 g/mol. The number of rotatable bonds is 2.